The summed E-state index contributed by atoms with van der Waals surface area (Å²) in [4.78, 5) is 5.97. The Morgan fingerprint density at radius 3 is 1.35 bits per heavy atom. The molecule has 0 aliphatic rings. The molecular weight excluding hydrogens is 420 g/mol. The van der Waals surface area contributed by atoms with Crippen LogP contribution in [0.2, 0.25) is 0 Å². The highest BCUT2D eigenvalue weighted by atomic mass is 32.2. The fourth-order valence-electron chi connectivity index (χ4n) is 2.14. The molecule has 0 radical (unpaired) electrons. The lowest BCUT2D eigenvalue weighted by molar-refractivity contribution is 0.480. The second kappa shape index (κ2) is 7.62. The molecule has 0 atom stereocenters. The summed E-state index contributed by atoms with van der Waals surface area (Å²) in [6, 6.07) is 7.06. The van der Waals surface area contributed by atoms with Crippen molar-refractivity contribution >= 4 is 66.4 Å². The van der Waals surface area contributed by atoms with Crippen molar-refractivity contribution in [3.05, 3.63) is 36.4 Å². The van der Waals surface area contributed by atoms with Gasteiger partial charge in [0, 0.05) is 11.1 Å². The SMILES string of the molecule is O=S(=O)(O)c1cc(N=C=S)ccc1-c1ccc(N=C=S)cc1S(=O)(=O)O. The van der Waals surface area contributed by atoms with Crippen LogP contribution in [0.15, 0.2) is 56.2 Å². The summed E-state index contributed by atoms with van der Waals surface area (Å²) in [7, 11) is -9.51. The number of hydrogen-bond donors (Lipinski definition) is 2. The Kier molecular flexibility index (Phi) is 5.91. The van der Waals surface area contributed by atoms with Crippen LogP contribution in [0.3, 0.4) is 0 Å². The van der Waals surface area contributed by atoms with Gasteiger partial charge in [-0.05, 0) is 48.7 Å². The van der Waals surface area contributed by atoms with Crippen molar-refractivity contribution in [2.45, 2.75) is 9.79 Å². The minimum Gasteiger partial charge on any atom is -0.282 e. The van der Waals surface area contributed by atoms with Crippen molar-refractivity contribution in [1.82, 2.24) is 0 Å². The molecule has 0 aromatic heterocycles. The lowest BCUT2D eigenvalue weighted by Gasteiger charge is -2.12. The molecule has 134 valence electrons. The third-order valence-corrected chi connectivity index (χ3v) is 5.10. The van der Waals surface area contributed by atoms with E-state index in [2.05, 4.69) is 34.4 Å². The molecule has 2 aromatic carbocycles. The van der Waals surface area contributed by atoms with E-state index in [1.165, 1.54) is 24.3 Å². The standard InChI is InChI=1S/C14H8N2O6S4/c17-25(18,19)13-5-9(15-7-23)1-3-11(13)12-4-2-10(16-8-24)6-14(12)26(20,21)22/h1-6H,(H,17,18,19)(H,20,21,22). The molecule has 2 aromatic rings. The van der Waals surface area contributed by atoms with Crippen LogP contribution in [0, 0.1) is 0 Å². The van der Waals surface area contributed by atoms with E-state index in [0.717, 1.165) is 12.1 Å². The van der Waals surface area contributed by atoms with Gasteiger partial charge in [-0.3, -0.25) is 9.11 Å². The Bertz CT molecular complexity index is 1100. The maximum Gasteiger partial charge on any atom is 0.295 e. The molecule has 0 fully saturated rings. The van der Waals surface area contributed by atoms with Gasteiger partial charge in [-0.1, -0.05) is 12.1 Å². The third-order valence-electron chi connectivity index (χ3n) is 3.13. The molecule has 0 heterocycles. The van der Waals surface area contributed by atoms with E-state index in [1.807, 2.05) is 10.3 Å². The summed E-state index contributed by atoms with van der Waals surface area (Å²) >= 11 is 8.88. The van der Waals surface area contributed by atoms with E-state index in [9.17, 15) is 25.9 Å². The van der Waals surface area contributed by atoms with Gasteiger partial charge in [0.2, 0.25) is 0 Å². The zero-order valence-electron chi connectivity index (χ0n) is 12.5. The molecule has 12 heteroatoms. The first-order valence-corrected chi connectivity index (χ1v) is 10.2. The van der Waals surface area contributed by atoms with Gasteiger partial charge in [0.05, 0.1) is 21.7 Å². The molecule has 0 amide bonds. The van der Waals surface area contributed by atoms with E-state index in [0.29, 0.717) is 0 Å². The van der Waals surface area contributed by atoms with Crippen molar-refractivity contribution in [1.29, 1.82) is 0 Å². The first-order valence-electron chi connectivity index (χ1n) is 6.47. The highest BCUT2D eigenvalue weighted by molar-refractivity contribution is 7.86. The summed E-state index contributed by atoms with van der Waals surface area (Å²) in [6.45, 7) is 0. The summed E-state index contributed by atoms with van der Waals surface area (Å²) < 4.78 is 65.9. The Labute approximate surface area is 159 Å². The maximum atomic E-state index is 11.7. The van der Waals surface area contributed by atoms with Crippen LogP contribution in [0.25, 0.3) is 11.1 Å². The van der Waals surface area contributed by atoms with Crippen LogP contribution in [0.5, 0.6) is 0 Å². The predicted molar refractivity (Wildman–Crippen MR) is 101 cm³/mol. The molecule has 0 saturated heterocycles. The molecule has 8 nitrogen and oxygen atoms in total. The van der Waals surface area contributed by atoms with E-state index in [4.69, 9.17) is 0 Å². The minimum atomic E-state index is -4.76. The van der Waals surface area contributed by atoms with Crippen LogP contribution < -0.4 is 0 Å². The summed E-state index contributed by atoms with van der Waals surface area (Å²) in [6.07, 6.45) is 0. The number of hydrogen-bond acceptors (Lipinski definition) is 8. The molecule has 2 rings (SSSR count). The number of isothiocyanates is 2. The van der Waals surface area contributed by atoms with Crippen LogP contribution in [-0.4, -0.2) is 36.3 Å². The van der Waals surface area contributed by atoms with Crippen LogP contribution in [-0.2, 0) is 20.2 Å². The second-order valence-electron chi connectivity index (χ2n) is 4.72. The van der Waals surface area contributed by atoms with E-state index >= 15 is 0 Å². The summed E-state index contributed by atoms with van der Waals surface area (Å²) in [5.74, 6) is 0. The number of aliphatic imine (C=N–C) groups is 2. The molecule has 0 spiro atoms. The van der Waals surface area contributed by atoms with Crippen molar-refractivity contribution in [2.75, 3.05) is 0 Å². The lowest BCUT2D eigenvalue weighted by Crippen LogP contribution is -2.05. The fraction of sp³-hybridized carbons (Fsp3) is 0. The maximum absolute atomic E-state index is 11.7. The molecule has 0 aliphatic heterocycles. The fourth-order valence-corrected chi connectivity index (χ4v) is 3.80. The smallest absolute Gasteiger partial charge is 0.282 e. The zero-order chi connectivity index (χ0) is 19.5. The number of rotatable bonds is 5. The topological polar surface area (TPSA) is 133 Å². The van der Waals surface area contributed by atoms with Gasteiger partial charge in [0.25, 0.3) is 20.2 Å². The predicted octanol–water partition coefficient (Wildman–Crippen LogP) is 3.32. The molecule has 0 unspecified atom stereocenters. The summed E-state index contributed by atoms with van der Waals surface area (Å²) in [5.41, 5.74) is -0.207. The monoisotopic (exact) mass is 428 g/mol. The average molecular weight is 428 g/mol. The van der Waals surface area contributed by atoms with Gasteiger partial charge in [-0.2, -0.15) is 26.8 Å². The Hall–Kier alpha value is -2.14. The molecule has 2 N–H and O–H groups in total. The van der Waals surface area contributed by atoms with Crippen molar-refractivity contribution < 1.29 is 25.9 Å². The number of benzene rings is 2. The molecule has 26 heavy (non-hydrogen) atoms. The highest BCUT2D eigenvalue weighted by Gasteiger charge is 2.24. The van der Waals surface area contributed by atoms with E-state index < -0.39 is 30.0 Å². The second-order valence-corrected chi connectivity index (χ2v) is 7.86. The molecule has 0 bridgehead atoms. The first kappa shape index (κ1) is 20.2. The number of thiocarbonyl (C=S) groups is 2. The highest BCUT2D eigenvalue weighted by Crippen LogP contribution is 2.36. The van der Waals surface area contributed by atoms with Crippen LogP contribution in [0.1, 0.15) is 0 Å². The third kappa shape index (κ3) is 4.52. The van der Waals surface area contributed by atoms with Crippen molar-refractivity contribution in [3.63, 3.8) is 0 Å². The Morgan fingerprint density at radius 1 is 0.731 bits per heavy atom. The van der Waals surface area contributed by atoms with Gasteiger partial charge < -0.3 is 0 Å². The van der Waals surface area contributed by atoms with E-state index in [1.54, 1.807) is 0 Å². The lowest BCUT2D eigenvalue weighted by atomic mass is 10.0. The van der Waals surface area contributed by atoms with Crippen LogP contribution in [0.4, 0.5) is 11.4 Å². The van der Waals surface area contributed by atoms with E-state index in [-0.39, 0.29) is 22.5 Å². The van der Waals surface area contributed by atoms with Gasteiger partial charge in [0.1, 0.15) is 9.79 Å². The Balaban J connectivity index is 2.92. The summed E-state index contributed by atoms with van der Waals surface area (Å²) in [5, 5.41) is 4.09. The van der Waals surface area contributed by atoms with Crippen molar-refractivity contribution in [2.24, 2.45) is 9.98 Å². The van der Waals surface area contributed by atoms with Gasteiger partial charge >= 0.3 is 0 Å². The van der Waals surface area contributed by atoms with Crippen LogP contribution >= 0.6 is 24.4 Å². The average Bonchev–Trinajstić information content (AvgIpc) is 2.54. The molecule has 0 aliphatic carbocycles. The van der Waals surface area contributed by atoms with Gasteiger partial charge in [0.15, 0.2) is 0 Å². The first-order chi connectivity index (χ1) is 12.1. The van der Waals surface area contributed by atoms with Crippen molar-refractivity contribution in [3.8, 4) is 11.1 Å². The minimum absolute atomic E-state index is 0.0757. The molecular formula is C14H8N2O6S4. The van der Waals surface area contributed by atoms with Gasteiger partial charge in [-0.25, -0.2) is 0 Å². The van der Waals surface area contributed by atoms with Gasteiger partial charge in [-0.15, -0.1) is 0 Å². The Morgan fingerprint density at radius 2 is 1.08 bits per heavy atom. The quantitative estimate of drug-likeness (QED) is 0.421. The molecule has 0 saturated carbocycles. The normalized spacial score (nSPS) is 11.3. The number of nitrogens with zero attached hydrogens (tertiary/aromatic N) is 2. The largest absolute Gasteiger partial charge is 0.295 e. The zero-order valence-corrected chi connectivity index (χ0v) is 15.8.